The fourth-order valence-electron chi connectivity index (χ4n) is 2.81. The molecule has 0 atom stereocenters. The summed E-state index contributed by atoms with van der Waals surface area (Å²) in [5, 5.41) is 2.94. The highest BCUT2D eigenvalue weighted by atomic mass is 28.4. The molecule has 0 aliphatic rings. The zero-order valence-electron chi connectivity index (χ0n) is 19.3. The van der Waals surface area contributed by atoms with Crippen molar-refractivity contribution in [3.63, 3.8) is 0 Å². The molecule has 2 heterocycles. The summed E-state index contributed by atoms with van der Waals surface area (Å²) in [4.78, 5) is 25.2. The van der Waals surface area contributed by atoms with Crippen LogP contribution in [0.25, 0.3) is 11.3 Å². The summed E-state index contributed by atoms with van der Waals surface area (Å²) in [5.41, 5.74) is 9.18. The van der Waals surface area contributed by atoms with Crippen LogP contribution in [0, 0.1) is 0 Å². The van der Waals surface area contributed by atoms with Crippen LogP contribution < -0.4 is 11.1 Å². The van der Waals surface area contributed by atoms with Crippen LogP contribution in [0.1, 0.15) is 36.8 Å². The maximum absolute atomic E-state index is 12.6. The number of nitrogens with two attached hydrogens (primary N) is 1. The smallest absolute Gasteiger partial charge is 0.278 e. The first kappa shape index (κ1) is 23.6. The standard InChI is InChI=1S/C24H31N5O2Si/c1-24(2,3)32(4,5)31-14-12-17-8-10-18(11-9-17)20-16-27-22(25)21(29-20)23(30)28-19-7-6-13-26-15-19/h6-11,13,15-16H,12,14H2,1-5H3,(H2,25,27)(H,28,30). The molecule has 3 N–H and O–H groups in total. The summed E-state index contributed by atoms with van der Waals surface area (Å²) < 4.78 is 6.27. The second-order valence-electron chi connectivity index (χ2n) is 9.24. The maximum atomic E-state index is 12.6. The summed E-state index contributed by atoms with van der Waals surface area (Å²) in [5.74, 6) is -0.348. The molecule has 0 aliphatic carbocycles. The molecule has 3 rings (SSSR count). The molecular weight excluding hydrogens is 418 g/mol. The number of carbonyl (C=O) groups is 1. The summed E-state index contributed by atoms with van der Waals surface area (Å²) in [6.45, 7) is 12.0. The van der Waals surface area contributed by atoms with E-state index < -0.39 is 14.2 Å². The Bertz CT molecular complexity index is 1060. The first-order valence-electron chi connectivity index (χ1n) is 10.6. The van der Waals surface area contributed by atoms with Crippen molar-refractivity contribution in [2.75, 3.05) is 17.7 Å². The second-order valence-corrected chi connectivity index (χ2v) is 14.0. The molecule has 8 heteroatoms. The summed E-state index contributed by atoms with van der Waals surface area (Å²) in [6, 6.07) is 11.5. The number of amides is 1. The number of carbonyl (C=O) groups excluding carboxylic acids is 1. The number of anilines is 2. The number of benzene rings is 1. The highest BCUT2D eigenvalue weighted by molar-refractivity contribution is 6.74. The van der Waals surface area contributed by atoms with Crippen LogP contribution in [0.2, 0.25) is 18.1 Å². The Hall–Kier alpha value is -3.10. The largest absolute Gasteiger partial charge is 0.416 e. The molecule has 2 aromatic heterocycles. The molecule has 0 unspecified atom stereocenters. The van der Waals surface area contributed by atoms with Crippen LogP contribution in [0.5, 0.6) is 0 Å². The lowest BCUT2D eigenvalue weighted by Crippen LogP contribution is -2.41. The summed E-state index contributed by atoms with van der Waals surface area (Å²) in [6.07, 6.45) is 5.61. The van der Waals surface area contributed by atoms with Gasteiger partial charge in [-0.05, 0) is 42.2 Å². The van der Waals surface area contributed by atoms with Gasteiger partial charge < -0.3 is 15.5 Å². The van der Waals surface area contributed by atoms with Crippen LogP contribution >= 0.6 is 0 Å². The van der Waals surface area contributed by atoms with Crippen LogP contribution in [-0.4, -0.2) is 35.8 Å². The first-order valence-corrected chi connectivity index (χ1v) is 13.5. The first-order chi connectivity index (χ1) is 15.1. The normalized spacial score (nSPS) is 11.9. The minimum absolute atomic E-state index is 0.0783. The Labute approximate surface area is 190 Å². The molecule has 0 bridgehead atoms. The van der Waals surface area contributed by atoms with Gasteiger partial charge in [0, 0.05) is 18.4 Å². The number of nitrogen functional groups attached to an aromatic ring is 1. The van der Waals surface area contributed by atoms with Crippen molar-refractivity contribution >= 4 is 25.7 Å². The average Bonchev–Trinajstić information content (AvgIpc) is 2.74. The lowest BCUT2D eigenvalue weighted by molar-refractivity contribution is 0.102. The van der Waals surface area contributed by atoms with Crippen molar-refractivity contribution in [3.8, 4) is 11.3 Å². The highest BCUT2D eigenvalue weighted by Gasteiger charge is 2.36. The molecule has 3 aromatic rings. The Morgan fingerprint density at radius 2 is 1.84 bits per heavy atom. The minimum Gasteiger partial charge on any atom is -0.416 e. The fourth-order valence-corrected chi connectivity index (χ4v) is 3.86. The van der Waals surface area contributed by atoms with E-state index in [-0.39, 0.29) is 16.6 Å². The van der Waals surface area contributed by atoms with Crippen LogP contribution in [0.4, 0.5) is 11.5 Å². The fraction of sp³-hybridized carbons (Fsp3) is 0.333. The molecule has 0 radical (unpaired) electrons. The van der Waals surface area contributed by atoms with E-state index in [4.69, 9.17) is 10.2 Å². The van der Waals surface area contributed by atoms with E-state index in [1.165, 1.54) is 5.56 Å². The van der Waals surface area contributed by atoms with Crippen LogP contribution in [0.15, 0.2) is 55.0 Å². The van der Waals surface area contributed by atoms with Gasteiger partial charge in [-0.2, -0.15) is 0 Å². The Balaban J connectivity index is 1.68. The highest BCUT2D eigenvalue weighted by Crippen LogP contribution is 2.36. The quantitative estimate of drug-likeness (QED) is 0.495. The third-order valence-electron chi connectivity index (χ3n) is 5.84. The Morgan fingerprint density at radius 1 is 1.12 bits per heavy atom. The van der Waals surface area contributed by atoms with Gasteiger partial charge in [0.05, 0.1) is 23.8 Å². The molecule has 0 aliphatic heterocycles. The molecule has 1 amide bonds. The van der Waals surface area contributed by atoms with Crippen molar-refractivity contribution in [1.82, 2.24) is 15.0 Å². The van der Waals surface area contributed by atoms with Gasteiger partial charge in [0.1, 0.15) is 0 Å². The molecule has 1 aromatic carbocycles. The topological polar surface area (TPSA) is 103 Å². The molecule has 0 saturated carbocycles. The summed E-state index contributed by atoms with van der Waals surface area (Å²) >= 11 is 0. The van der Waals surface area contributed by atoms with Gasteiger partial charge in [0.15, 0.2) is 19.8 Å². The van der Waals surface area contributed by atoms with Gasteiger partial charge in [-0.25, -0.2) is 9.97 Å². The Morgan fingerprint density at radius 3 is 2.47 bits per heavy atom. The van der Waals surface area contributed by atoms with Gasteiger partial charge in [0.25, 0.3) is 5.91 Å². The molecule has 7 nitrogen and oxygen atoms in total. The summed E-state index contributed by atoms with van der Waals surface area (Å²) in [7, 11) is -1.74. The van der Waals surface area contributed by atoms with Crippen molar-refractivity contribution in [1.29, 1.82) is 0 Å². The number of nitrogens with one attached hydrogen (secondary N) is 1. The third kappa shape index (κ3) is 5.77. The lowest BCUT2D eigenvalue weighted by Gasteiger charge is -2.36. The minimum atomic E-state index is -1.74. The van der Waals surface area contributed by atoms with E-state index in [0.29, 0.717) is 18.0 Å². The van der Waals surface area contributed by atoms with Gasteiger partial charge in [0.2, 0.25) is 0 Å². The number of pyridine rings is 1. The third-order valence-corrected chi connectivity index (χ3v) is 10.4. The number of nitrogens with zero attached hydrogens (tertiary/aromatic N) is 3. The molecule has 0 fully saturated rings. The number of hydrogen-bond donors (Lipinski definition) is 2. The predicted octanol–water partition coefficient (Wildman–Crippen LogP) is 4.94. The van der Waals surface area contributed by atoms with Crippen molar-refractivity contribution in [3.05, 3.63) is 66.2 Å². The van der Waals surface area contributed by atoms with E-state index in [2.05, 4.69) is 66.3 Å². The van der Waals surface area contributed by atoms with Crippen LogP contribution in [0.3, 0.4) is 0 Å². The molecule has 168 valence electrons. The average molecular weight is 450 g/mol. The van der Waals surface area contributed by atoms with Crippen molar-refractivity contribution in [2.45, 2.75) is 45.3 Å². The second kappa shape index (κ2) is 9.58. The van der Waals surface area contributed by atoms with Crippen LogP contribution in [-0.2, 0) is 10.8 Å². The number of hydrogen-bond acceptors (Lipinski definition) is 6. The van der Waals surface area contributed by atoms with Gasteiger partial charge in [-0.3, -0.25) is 9.78 Å². The maximum Gasteiger partial charge on any atom is 0.278 e. The Kier molecular flexibility index (Phi) is 7.05. The van der Waals surface area contributed by atoms with E-state index in [9.17, 15) is 4.79 Å². The van der Waals surface area contributed by atoms with E-state index >= 15 is 0 Å². The van der Waals surface area contributed by atoms with E-state index in [1.54, 1.807) is 30.7 Å². The zero-order valence-corrected chi connectivity index (χ0v) is 20.3. The van der Waals surface area contributed by atoms with E-state index in [0.717, 1.165) is 12.0 Å². The lowest BCUT2D eigenvalue weighted by atomic mass is 10.1. The number of aromatic nitrogens is 3. The molecule has 0 saturated heterocycles. The molecule has 0 spiro atoms. The van der Waals surface area contributed by atoms with Crippen molar-refractivity contribution in [2.24, 2.45) is 0 Å². The van der Waals surface area contributed by atoms with Gasteiger partial charge in [-0.15, -0.1) is 0 Å². The zero-order chi connectivity index (χ0) is 23.4. The number of rotatable bonds is 7. The molecule has 32 heavy (non-hydrogen) atoms. The SMILES string of the molecule is CC(C)(C)[Si](C)(C)OCCc1ccc(-c2cnc(N)c(C(=O)Nc3cccnc3)n2)cc1. The monoisotopic (exact) mass is 449 g/mol. The van der Waals surface area contributed by atoms with Gasteiger partial charge in [-0.1, -0.05) is 45.0 Å². The predicted molar refractivity (Wildman–Crippen MR) is 131 cm³/mol. The van der Waals surface area contributed by atoms with Gasteiger partial charge >= 0.3 is 0 Å². The van der Waals surface area contributed by atoms with E-state index in [1.807, 2.05) is 12.1 Å². The van der Waals surface area contributed by atoms with Crippen molar-refractivity contribution < 1.29 is 9.22 Å². The molecular formula is C24H31N5O2Si.